The largest absolute Gasteiger partial charge is 0.486 e. The van der Waals surface area contributed by atoms with Gasteiger partial charge in [-0.25, -0.2) is 4.68 Å². The Balaban J connectivity index is 1.53. The van der Waals surface area contributed by atoms with Gasteiger partial charge in [-0.1, -0.05) is 35.5 Å². The van der Waals surface area contributed by atoms with E-state index in [0.29, 0.717) is 40.5 Å². The van der Waals surface area contributed by atoms with Gasteiger partial charge in [-0.15, -0.1) is 10.2 Å². The van der Waals surface area contributed by atoms with E-state index >= 15 is 0 Å². The number of fused-ring (bicyclic) bond motifs is 2. The quantitative estimate of drug-likeness (QED) is 0.638. The molecule has 0 saturated carbocycles. The minimum absolute atomic E-state index is 0.0219. The number of carbonyl (C=O) groups excluding carboxylic acids is 1. The molecule has 0 saturated heterocycles. The topological polar surface area (TPSA) is 78.3 Å². The molecule has 1 aromatic heterocycles. The Bertz CT molecular complexity index is 1090. The third-order valence-corrected chi connectivity index (χ3v) is 6.38. The molecule has 3 aromatic rings. The molecule has 5 rings (SSSR count). The Morgan fingerprint density at radius 1 is 1.14 bits per heavy atom. The van der Waals surface area contributed by atoms with Crippen LogP contribution in [0.4, 0.5) is 0 Å². The molecule has 0 bridgehead atoms. The first-order valence-corrected chi connectivity index (χ1v) is 10.4. The standard InChI is InChI=1S/C20H17ClN4O3S/c1-11-22-23-20-25(11)24-17(12-2-5-14(21)6-3-12)19(29-20)18(26)13-4-7-15-16(10-13)28-9-8-27-15/h2-7,10,17,19,24H,8-9H2,1H3/t17-,19-/m0/s1. The summed E-state index contributed by atoms with van der Waals surface area (Å²) in [5.74, 6) is 1.97. The summed E-state index contributed by atoms with van der Waals surface area (Å²) >= 11 is 7.46. The molecule has 0 aliphatic carbocycles. The monoisotopic (exact) mass is 428 g/mol. The highest BCUT2D eigenvalue weighted by Gasteiger charge is 2.38. The number of hydrogen-bond acceptors (Lipinski definition) is 7. The summed E-state index contributed by atoms with van der Waals surface area (Å²) < 4.78 is 13.0. The van der Waals surface area contributed by atoms with Gasteiger partial charge in [-0.3, -0.25) is 4.79 Å². The summed E-state index contributed by atoms with van der Waals surface area (Å²) in [6, 6.07) is 12.5. The molecular weight excluding hydrogens is 412 g/mol. The van der Waals surface area contributed by atoms with Gasteiger partial charge in [0, 0.05) is 10.6 Å². The molecule has 0 fully saturated rings. The van der Waals surface area contributed by atoms with Crippen LogP contribution in [0.15, 0.2) is 47.6 Å². The fourth-order valence-electron chi connectivity index (χ4n) is 3.44. The molecule has 3 heterocycles. The summed E-state index contributed by atoms with van der Waals surface area (Å²) in [6.45, 7) is 2.85. The molecule has 0 unspecified atom stereocenters. The number of halogens is 1. The van der Waals surface area contributed by atoms with Gasteiger partial charge in [0.2, 0.25) is 5.16 Å². The third-order valence-electron chi connectivity index (χ3n) is 4.91. The number of nitrogens with one attached hydrogen (secondary N) is 1. The average Bonchev–Trinajstić information content (AvgIpc) is 3.12. The number of thioether (sulfide) groups is 1. The van der Waals surface area contributed by atoms with Gasteiger partial charge < -0.3 is 14.9 Å². The average molecular weight is 429 g/mol. The van der Waals surface area contributed by atoms with Crippen LogP contribution in [0.5, 0.6) is 11.5 Å². The van der Waals surface area contributed by atoms with E-state index in [1.54, 1.807) is 18.2 Å². The summed E-state index contributed by atoms with van der Waals surface area (Å²) in [6.07, 6.45) is 0. The lowest BCUT2D eigenvalue weighted by Gasteiger charge is -2.33. The number of hydrogen-bond donors (Lipinski definition) is 1. The van der Waals surface area contributed by atoms with Crippen LogP contribution in [0.1, 0.15) is 27.8 Å². The van der Waals surface area contributed by atoms with Crippen LogP contribution >= 0.6 is 23.4 Å². The molecule has 0 amide bonds. The highest BCUT2D eigenvalue weighted by atomic mass is 35.5. The lowest BCUT2D eigenvalue weighted by atomic mass is 9.97. The van der Waals surface area contributed by atoms with Crippen molar-refractivity contribution in [3.8, 4) is 11.5 Å². The summed E-state index contributed by atoms with van der Waals surface area (Å²) in [5, 5.41) is 9.18. The lowest BCUT2D eigenvalue weighted by Crippen LogP contribution is -2.39. The molecule has 2 aliphatic rings. The number of aromatic nitrogens is 3. The SMILES string of the molecule is Cc1nnc2n1N[C@@H](c1ccc(Cl)cc1)[C@@H](C(=O)c1ccc3c(c1)OCCO3)S2. The van der Waals surface area contributed by atoms with E-state index in [2.05, 4.69) is 15.6 Å². The second-order valence-electron chi connectivity index (χ2n) is 6.78. The highest BCUT2D eigenvalue weighted by molar-refractivity contribution is 8.00. The molecule has 0 radical (unpaired) electrons. The maximum atomic E-state index is 13.5. The van der Waals surface area contributed by atoms with E-state index in [0.717, 1.165) is 11.4 Å². The number of ether oxygens (including phenoxy) is 2. The molecule has 148 valence electrons. The van der Waals surface area contributed by atoms with Crippen molar-refractivity contribution in [2.75, 3.05) is 18.6 Å². The van der Waals surface area contributed by atoms with Crippen molar-refractivity contribution in [2.24, 2.45) is 0 Å². The predicted octanol–water partition coefficient (Wildman–Crippen LogP) is 3.65. The number of ketones is 1. The first-order chi connectivity index (χ1) is 14.1. The maximum Gasteiger partial charge on any atom is 0.210 e. The van der Waals surface area contributed by atoms with Crippen molar-refractivity contribution in [2.45, 2.75) is 23.4 Å². The van der Waals surface area contributed by atoms with Gasteiger partial charge >= 0.3 is 0 Å². The zero-order valence-electron chi connectivity index (χ0n) is 15.5. The van der Waals surface area contributed by atoms with E-state index in [1.165, 1.54) is 11.8 Å². The molecule has 2 aromatic carbocycles. The molecule has 2 atom stereocenters. The summed E-state index contributed by atoms with van der Waals surface area (Å²) in [5.41, 5.74) is 4.92. The Morgan fingerprint density at radius 3 is 2.69 bits per heavy atom. The summed E-state index contributed by atoms with van der Waals surface area (Å²) in [7, 11) is 0. The number of carbonyl (C=O) groups is 1. The second kappa shape index (κ2) is 7.27. The minimum Gasteiger partial charge on any atom is -0.486 e. The molecule has 29 heavy (non-hydrogen) atoms. The van der Waals surface area contributed by atoms with Crippen molar-refractivity contribution < 1.29 is 14.3 Å². The van der Waals surface area contributed by atoms with Gasteiger partial charge in [0.1, 0.15) is 24.3 Å². The first kappa shape index (κ1) is 18.3. The number of nitrogens with zero attached hydrogens (tertiary/aromatic N) is 3. The molecule has 1 N–H and O–H groups in total. The van der Waals surface area contributed by atoms with Crippen molar-refractivity contribution >= 4 is 29.1 Å². The van der Waals surface area contributed by atoms with E-state index in [9.17, 15) is 4.79 Å². The Morgan fingerprint density at radius 2 is 1.90 bits per heavy atom. The zero-order chi connectivity index (χ0) is 20.0. The molecule has 7 nitrogen and oxygen atoms in total. The van der Waals surface area contributed by atoms with Crippen LogP contribution in [-0.2, 0) is 0 Å². The van der Waals surface area contributed by atoms with Crippen molar-refractivity contribution in [1.82, 2.24) is 14.9 Å². The summed E-state index contributed by atoms with van der Waals surface area (Å²) in [4.78, 5) is 13.5. The Kier molecular flexibility index (Phi) is 4.60. The second-order valence-corrected chi connectivity index (χ2v) is 8.33. The van der Waals surface area contributed by atoms with Crippen molar-refractivity contribution in [1.29, 1.82) is 0 Å². The smallest absolute Gasteiger partial charge is 0.210 e. The van der Waals surface area contributed by atoms with Gasteiger partial charge in [0.05, 0.1) is 6.04 Å². The first-order valence-electron chi connectivity index (χ1n) is 9.15. The van der Waals surface area contributed by atoms with E-state index in [-0.39, 0.29) is 11.8 Å². The van der Waals surface area contributed by atoms with Gasteiger partial charge in [-0.2, -0.15) is 0 Å². The van der Waals surface area contributed by atoms with Gasteiger partial charge in [-0.05, 0) is 42.8 Å². The van der Waals surface area contributed by atoms with Crippen molar-refractivity contribution in [3.63, 3.8) is 0 Å². The molecule has 0 spiro atoms. The fraction of sp³-hybridized carbons (Fsp3) is 0.250. The van der Waals surface area contributed by atoms with Crippen LogP contribution < -0.4 is 14.9 Å². The van der Waals surface area contributed by atoms with Gasteiger partial charge in [0.15, 0.2) is 17.3 Å². The van der Waals surface area contributed by atoms with E-state index < -0.39 is 5.25 Å². The number of benzene rings is 2. The lowest BCUT2D eigenvalue weighted by molar-refractivity contribution is 0.0979. The fourth-order valence-corrected chi connectivity index (χ4v) is 4.77. The Hall–Kier alpha value is -2.71. The van der Waals surface area contributed by atoms with Crippen LogP contribution in [0.25, 0.3) is 0 Å². The normalized spacial score (nSPS) is 19.9. The van der Waals surface area contributed by atoms with Crippen LogP contribution in [-0.4, -0.2) is 39.1 Å². The van der Waals surface area contributed by atoms with Crippen LogP contribution in [0.3, 0.4) is 0 Å². The van der Waals surface area contributed by atoms with Crippen LogP contribution in [0, 0.1) is 6.92 Å². The van der Waals surface area contributed by atoms with Crippen LogP contribution in [0.2, 0.25) is 5.02 Å². The number of rotatable bonds is 3. The predicted molar refractivity (Wildman–Crippen MR) is 110 cm³/mol. The Labute approximate surface area is 176 Å². The van der Waals surface area contributed by atoms with E-state index in [4.69, 9.17) is 21.1 Å². The minimum atomic E-state index is -0.435. The number of Topliss-reactive ketones (excluding diaryl/α,β-unsaturated/α-hetero) is 1. The van der Waals surface area contributed by atoms with Gasteiger partial charge in [0.25, 0.3) is 0 Å². The number of aryl methyl sites for hydroxylation is 1. The van der Waals surface area contributed by atoms with Crippen molar-refractivity contribution in [3.05, 3.63) is 64.4 Å². The zero-order valence-corrected chi connectivity index (χ0v) is 17.0. The van der Waals surface area contributed by atoms with E-state index in [1.807, 2.05) is 35.9 Å². The molecule has 9 heteroatoms. The maximum absolute atomic E-state index is 13.5. The molecular formula is C20H17ClN4O3S. The highest BCUT2D eigenvalue weighted by Crippen LogP contribution is 2.40. The molecule has 2 aliphatic heterocycles. The third kappa shape index (κ3) is 3.32.